The maximum absolute atomic E-state index is 10.5. The molecule has 65 valence electrons. The van der Waals surface area contributed by atoms with Crippen molar-refractivity contribution in [2.24, 2.45) is 0 Å². The van der Waals surface area contributed by atoms with Gasteiger partial charge in [0.2, 0.25) is 0 Å². The van der Waals surface area contributed by atoms with Crippen LogP contribution in [0.1, 0.15) is 6.42 Å². The van der Waals surface area contributed by atoms with Crippen molar-refractivity contribution >= 4 is 11.9 Å². The van der Waals surface area contributed by atoms with Crippen LogP contribution in [-0.2, 0) is 47.0 Å². The third kappa shape index (κ3) is 7.89. The molecule has 0 aromatic rings. The van der Waals surface area contributed by atoms with Gasteiger partial charge in [-0.15, -0.1) is 0 Å². The SMILES string of the molecule is C=[C-]C(=O)CCOC(=O)OC.[Y]. The van der Waals surface area contributed by atoms with Crippen molar-refractivity contribution in [3.05, 3.63) is 12.7 Å². The smallest absolute Gasteiger partial charge is 0.438 e. The first kappa shape index (κ1) is 14.3. The van der Waals surface area contributed by atoms with Gasteiger partial charge in [0.05, 0.1) is 13.7 Å². The van der Waals surface area contributed by atoms with E-state index < -0.39 is 6.16 Å². The number of methoxy groups -OCH3 is 1. The molecule has 0 aromatic carbocycles. The van der Waals surface area contributed by atoms with Gasteiger partial charge < -0.3 is 20.3 Å². The van der Waals surface area contributed by atoms with Gasteiger partial charge >= 0.3 is 6.16 Å². The Labute approximate surface area is 96.2 Å². The van der Waals surface area contributed by atoms with E-state index in [0.29, 0.717) is 0 Å². The Bertz CT molecular complexity index is 167. The van der Waals surface area contributed by atoms with E-state index in [9.17, 15) is 9.59 Å². The molecule has 1 radical (unpaired) electrons. The van der Waals surface area contributed by atoms with Gasteiger partial charge in [-0.2, -0.15) is 0 Å². The van der Waals surface area contributed by atoms with Gasteiger partial charge in [0.1, 0.15) is 0 Å². The van der Waals surface area contributed by atoms with Gasteiger partial charge in [0.15, 0.2) is 0 Å². The molecule has 0 aliphatic rings. The maximum Gasteiger partial charge on any atom is 0.507 e. The molecule has 0 rings (SSSR count). The van der Waals surface area contributed by atoms with Crippen LogP contribution in [0.5, 0.6) is 0 Å². The van der Waals surface area contributed by atoms with Gasteiger partial charge in [0, 0.05) is 39.1 Å². The first-order valence-electron chi connectivity index (χ1n) is 2.97. The largest absolute Gasteiger partial charge is 0.507 e. The quantitative estimate of drug-likeness (QED) is 0.416. The molecule has 0 saturated carbocycles. The molecule has 5 heteroatoms. The van der Waals surface area contributed by atoms with Crippen molar-refractivity contribution in [2.45, 2.75) is 6.42 Å². The van der Waals surface area contributed by atoms with Crippen molar-refractivity contribution in [1.29, 1.82) is 0 Å². The van der Waals surface area contributed by atoms with Crippen molar-refractivity contribution in [1.82, 2.24) is 0 Å². The second-order valence-corrected chi connectivity index (χ2v) is 1.65. The van der Waals surface area contributed by atoms with E-state index in [-0.39, 0.29) is 51.5 Å². The number of carbonyl (C=O) groups is 2. The summed E-state index contributed by atoms with van der Waals surface area (Å²) in [5, 5.41) is 0. The number of ketones is 1. The molecule has 0 fully saturated rings. The normalized spacial score (nSPS) is 7.75. The predicted molar refractivity (Wildman–Crippen MR) is 36.9 cm³/mol. The van der Waals surface area contributed by atoms with Gasteiger partial charge in [-0.05, 0) is 5.78 Å². The maximum atomic E-state index is 10.5. The summed E-state index contributed by atoms with van der Waals surface area (Å²) in [6.07, 6.45) is 1.44. The van der Waals surface area contributed by atoms with Crippen LogP contribution in [0, 0.1) is 6.08 Å². The molecule has 0 amide bonds. The molecule has 4 nitrogen and oxygen atoms in total. The first-order valence-corrected chi connectivity index (χ1v) is 2.97. The fourth-order valence-electron chi connectivity index (χ4n) is 0.374. The summed E-state index contributed by atoms with van der Waals surface area (Å²) in [6, 6.07) is 0. The van der Waals surface area contributed by atoms with Gasteiger partial charge in [-0.1, -0.05) is 0 Å². The van der Waals surface area contributed by atoms with E-state index in [1.165, 1.54) is 7.11 Å². The van der Waals surface area contributed by atoms with Crippen molar-refractivity contribution in [2.75, 3.05) is 13.7 Å². The summed E-state index contributed by atoms with van der Waals surface area (Å²) in [5.41, 5.74) is 0. The van der Waals surface area contributed by atoms with Crippen LogP contribution >= 0.6 is 0 Å². The van der Waals surface area contributed by atoms with E-state index in [0.717, 1.165) is 0 Å². The van der Waals surface area contributed by atoms with E-state index in [1.54, 1.807) is 0 Å². The predicted octanol–water partition coefficient (Wildman–Crippen LogP) is 0.715. The Morgan fingerprint density at radius 2 is 2.08 bits per heavy atom. The number of hydrogen-bond donors (Lipinski definition) is 0. The standard InChI is InChI=1S/C7H9O4.Y/c1-3-6(8)4-5-11-7(9)10-2;/h1,4-5H2,2H3;/q-1;. The van der Waals surface area contributed by atoms with E-state index in [1.807, 2.05) is 0 Å². The van der Waals surface area contributed by atoms with Crippen LogP contribution in [-0.4, -0.2) is 25.7 Å². The summed E-state index contributed by atoms with van der Waals surface area (Å²) in [7, 11) is 1.20. The summed E-state index contributed by atoms with van der Waals surface area (Å²) in [4.78, 5) is 20.8. The van der Waals surface area contributed by atoms with Crippen LogP contribution in [0.15, 0.2) is 6.58 Å². The van der Waals surface area contributed by atoms with Crippen LogP contribution in [0.3, 0.4) is 0 Å². The van der Waals surface area contributed by atoms with Crippen molar-refractivity contribution in [3.8, 4) is 0 Å². The van der Waals surface area contributed by atoms with E-state index >= 15 is 0 Å². The Hall–Kier alpha value is -0.216. The number of rotatable bonds is 4. The molecular formula is C7H9O4Y-. The summed E-state index contributed by atoms with van der Waals surface area (Å²) in [5.74, 6) is -0.283. The molecule has 0 spiro atoms. The Morgan fingerprint density at radius 1 is 1.50 bits per heavy atom. The molecular weight excluding hydrogens is 237 g/mol. The first-order chi connectivity index (χ1) is 5.20. The summed E-state index contributed by atoms with van der Waals surface area (Å²) < 4.78 is 8.57. The zero-order valence-corrected chi connectivity index (χ0v) is 9.67. The third-order valence-corrected chi connectivity index (χ3v) is 0.913. The molecule has 0 bridgehead atoms. The fraction of sp³-hybridized carbons (Fsp3) is 0.429. The molecule has 0 N–H and O–H groups in total. The molecule has 12 heavy (non-hydrogen) atoms. The number of hydrogen-bond acceptors (Lipinski definition) is 4. The van der Waals surface area contributed by atoms with E-state index in [2.05, 4.69) is 22.1 Å². The molecule has 0 heterocycles. The van der Waals surface area contributed by atoms with Gasteiger partial charge in [0.25, 0.3) is 0 Å². The monoisotopic (exact) mass is 246 g/mol. The van der Waals surface area contributed by atoms with Gasteiger partial charge in [-0.3, -0.25) is 6.58 Å². The minimum Gasteiger partial charge on any atom is -0.438 e. The Morgan fingerprint density at radius 3 is 2.50 bits per heavy atom. The number of ether oxygens (including phenoxy) is 2. The second kappa shape index (κ2) is 8.88. The number of Topliss-reactive ketones (excluding diaryl/α,β-unsaturated/α-hetero) is 1. The summed E-state index contributed by atoms with van der Waals surface area (Å²) in [6.45, 7) is 3.14. The van der Waals surface area contributed by atoms with Crippen molar-refractivity contribution in [3.63, 3.8) is 0 Å². The van der Waals surface area contributed by atoms with Crippen LogP contribution in [0.25, 0.3) is 0 Å². The van der Waals surface area contributed by atoms with Crippen LogP contribution in [0.4, 0.5) is 4.79 Å². The van der Waals surface area contributed by atoms with E-state index in [4.69, 9.17) is 0 Å². The van der Waals surface area contributed by atoms with Crippen molar-refractivity contribution < 1.29 is 51.8 Å². The topological polar surface area (TPSA) is 52.6 Å². The minimum absolute atomic E-state index is 0. The average molecular weight is 246 g/mol. The van der Waals surface area contributed by atoms with Crippen LogP contribution < -0.4 is 0 Å². The second-order valence-electron chi connectivity index (χ2n) is 1.65. The molecule has 0 aliphatic heterocycles. The molecule has 0 aromatic heterocycles. The number of carbonyl (C=O) groups excluding carboxylic acids is 2. The number of allylic oxidation sites excluding steroid dienone is 1. The van der Waals surface area contributed by atoms with Crippen LogP contribution in [0.2, 0.25) is 0 Å². The Kier molecular flexibility index (Phi) is 10.6. The van der Waals surface area contributed by atoms with Gasteiger partial charge in [-0.25, -0.2) is 4.79 Å². The third-order valence-electron chi connectivity index (χ3n) is 0.913. The minimum atomic E-state index is -0.790. The molecule has 0 saturated heterocycles. The average Bonchev–Trinajstić information content (AvgIpc) is 2.04. The molecule has 0 atom stereocenters. The Balaban J connectivity index is 0. The zero-order chi connectivity index (χ0) is 8.69. The summed E-state index contributed by atoms with van der Waals surface area (Å²) >= 11 is 0. The molecule has 0 aliphatic carbocycles. The fourth-order valence-corrected chi connectivity index (χ4v) is 0.374. The molecule has 0 unspecified atom stereocenters. The zero-order valence-electron chi connectivity index (χ0n) is 6.83.